The van der Waals surface area contributed by atoms with Gasteiger partial charge in [-0.25, -0.2) is 0 Å². The molecule has 0 saturated carbocycles. The summed E-state index contributed by atoms with van der Waals surface area (Å²) in [5.74, 6) is 2.98. The molecule has 2 heteroatoms. The summed E-state index contributed by atoms with van der Waals surface area (Å²) in [5, 5.41) is 0.0282. The van der Waals surface area contributed by atoms with Crippen molar-refractivity contribution < 1.29 is 4.79 Å². The van der Waals surface area contributed by atoms with Gasteiger partial charge in [-0.3, -0.25) is 4.79 Å². The summed E-state index contributed by atoms with van der Waals surface area (Å²) in [6.45, 7) is 5.35. The minimum atomic E-state index is -1.53. The topological polar surface area (TPSA) is 17.1 Å². The zero-order valence-corrected chi connectivity index (χ0v) is 14.2. The molecule has 1 radical (unpaired) electrons. The van der Waals surface area contributed by atoms with Gasteiger partial charge in [-0.05, 0) is 24.1 Å². The highest BCUT2D eigenvalue weighted by molar-refractivity contribution is 7.00. The molecule has 2 aromatic rings. The van der Waals surface area contributed by atoms with Crippen LogP contribution in [-0.4, -0.2) is 14.2 Å². The minimum absolute atomic E-state index is 0.0282. The lowest BCUT2D eigenvalue weighted by molar-refractivity contribution is -0.108. The SMILES string of the molecule is C=CC(=O)[Si](C#CC)C=CC(c1ccccc1)c1ccccc1. The van der Waals surface area contributed by atoms with Gasteiger partial charge in [0.1, 0.15) is 0 Å². The molecule has 0 aromatic heterocycles. The second kappa shape index (κ2) is 8.72. The Bertz CT molecular complexity index is 696. The summed E-state index contributed by atoms with van der Waals surface area (Å²) in [6, 6.07) is 20.6. The van der Waals surface area contributed by atoms with E-state index in [1.807, 2.05) is 42.1 Å². The van der Waals surface area contributed by atoms with Crippen LogP contribution in [0.4, 0.5) is 0 Å². The Hall–Kier alpha value is -2.63. The molecule has 2 rings (SSSR count). The number of benzene rings is 2. The van der Waals surface area contributed by atoms with E-state index in [4.69, 9.17) is 0 Å². The molecule has 0 amide bonds. The van der Waals surface area contributed by atoms with Gasteiger partial charge in [-0.1, -0.05) is 79.0 Å². The third-order valence-electron chi connectivity index (χ3n) is 3.48. The van der Waals surface area contributed by atoms with Crippen LogP contribution in [0.5, 0.6) is 0 Å². The molecule has 0 heterocycles. The predicted molar refractivity (Wildman–Crippen MR) is 98.3 cm³/mol. The van der Waals surface area contributed by atoms with E-state index < -0.39 is 8.80 Å². The number of carbonyl (C=O) groups is 1. The van der Waals surface area contributed by atoms with E-state index in [0.29, 0.717) is 0 Å². The van der Waals surface area contributed by atoms with Crippen LogP contribution in [0.15, 0.2) is 85.1 Å². The Morgan fingerprint density at radius 2 is 1.57 bits per heavy atom. The number of rotatable bonds is 6. The van der Waals surface area contributed by atoms with Gasteiger partial charge < -0.3 is 0 Å². The van der Waals surface area contributed by atoms with Crippen LogP contribution < -0.4 is 0 Å². The summed E-state index contributed by atoms with van der Waals surface area (Å²) < 4.78 is 0. The lowest BCUT2D eigenvalue weighted by atomic mass is 9.92. The molecule has 2 aromatic carbocycles. The maximum absolute atomic E-state index is 12.0. The van der Waals surface area contributed by atoms with Gasteiger partial charge in [-0.2, -0.15) is 0 Å². The molecule has 23 heavy (non-hydrogen) atoms. The molecule has 0 fully saturated rings. The number of hydrogen-bond donors (Lipinski definition) is 0. The first-order valence-corrected chi connectivity index (χ1v) is 9.08. The van der Waals surface area contributed by atoms with Crippen LogP contribution in [0.1, 0.15) is 24.0 Å². The highest BCUT2D eigenvalue weighted by Gasteiger charge is 2.15. The van der Waals surface area contributed by atoms with Gasteiger partial charge in [-0.15, -0.1) is 11.5 Å². The highest BCUT2D eigenvalue weighted by atomic mass is 28.3. The Kier molecular flexibility index (Phi) is 6.35. The number of carbonyl (C=O) groups excluding carboxylic acids is 1. The van der Waals surface area contributed by atoms with E-state index >= 15 is 0 Å². The van der Waals surface area contributed by atoms with Crippen molar-refractivity contribution in [1.29, 1.82) is 0 Å². The fourth-order valence-electron chi connectivity index (χ4n) is 2.36. The molecule has 0 saturated heterocycles. The average molecular weight is 315 g/mol. The van der Waals surface area contributed by atoms with Crippen molar-refractivity contribution in [2.45, 2.75) is 12.8 Å². The van der Waals surface area contributed by atoms with Crippen LogP contribution in [0.2, 0.25) is 0 Å². The molecule has 0 spiro atoms. The van der Waals surface area contributed by atoms with E-state index in [1.54, 1.807) is 6.92 Å². The summed E-state index contributed by atoms with van der Waals surface area (Å²) >= 11 is 0. The van der Waals surface area contributed by atoms with E-state index in [0.717, 1.165) is 0 Å². The third kappa shape index (κ3) is 4.67. The molecule has 0 aliphatic heterocycles. The van der Waals surface area contributed by atoms with Crippen molar-refractivity contribution in [2.75, 3.05) is 0 Å². The molecule has 0 aliphatic carbocycles. The van der Waals surface area contributed by atoms with E-state index in [1.165, 1.54) is 17.2 Å². The molecular formula is C21H19OSi. The van der Waals surface area contributed by atoms with E-state index in [2.05, 4.69) is 48.4 Å². The smallest absolute Gasteiger partial charge is 0.256 e. The zero-order chi connectivity index (χ0) is 16.5. The first-order chi connectivity index (χ1) is 11.3. The molecule has 0 N–H and O–H groups in total. The molecule has 1 nitrogen and oxygen atoms in total. The second-order valence-electron chi connectivity index (χ2n) is 5.02. The van der Waals surface area contributed by atoms with Gasteiger partial charge >= 0.3 is 0 Å². The quantitative estimate of drug-likeness (QED) is 0.442. The molecule has 0 atom stereocenters. The van der Waals surface area contributed by atoms with Gasteiger partial charge in [0.2, 0.25) is 0 Å². The Morgan fingerprint density at radius 1 is 1.04 bits per heavy atom. The Labute approximate surface area is 140 Å². The summed E-state index contributed by atoms with van der Waals surface area (Å²) in [4.78, 5) is 12.0. The normalized spacial score (nSPS) is 10.6. The fraction of sp³-hybridized carbons (Fsp3) is 0.0952. The van der Waals surface area contributed by atoms with Crippen molar-refractivity contribution >= 4 is 14.2 Å². The molecule has 0 bridgehead atoms. The lowest BCUT2D eigenvalue weighted by Crippen LogP contribution is -2.20. The molecule has 113 valence electrons. The van der Waals surface area contributed by atoms with Crippen LogP contribution in [0.3, 0.4) is 0 Å². The largest absolute Gasteiger partial charge is 0.299 e. The minimum Gasteiger partial charge on any atom is -0.299 e. The third-order valence-corrected chi connectivity index (χ3v) is 5.26. The van der Waals surface area contributed by atoms with Crippen molar-refractivity contribution in [3.8, 4) is 11.5 Å². The zero-order valence-electron chi connectivity index (χ0n) is 13.2. The van der Waals surface area contributed by atoms with Gasteiger partial charge in [0.05, 0.1) is 0 Å². The van der Waals surface area contributed by atoms with Crippen molar-refractivity contribution in [3.05, 3.63) is 96.2 Å². The van der Waals surface area contributed by atoms with E-state index in [9.17, 15) is 4.79 Å². The number of hydrogen-bond acceptors (Lipinski definition) is 1. The van der Waals surface area contributed by atoms with Crippen LogP contribution in [0, 0.1) is 11.5 Å². The van der Waals surface area contributed by atoms with Gasteiger partial charge in [0.25, 0.3) is 8.80 Å². The standard InChI is InChI=1S/C21H19OSi/c1-3-16-23(21(22)4-2)17-15-20(18-11-7-5-8-12-18)19-13-9-6-10-14-19/h4-15,17,20H,2H2,1H3. The molecular weight excluding hydrogens is 296 g/mol. The monoisotopic (exact) mass is 315 g/mol. The van der Waals surface area contributed by atoms with Crippen LogP contribution >= 0.6 is 0 Å². The Balaban J connectivity index is 2.38. The van der Waals surface area contributed by atoms with Crippen molar-refractivity contribution in [1.82, 2.24) is 0 Å². The van der Waals surface area contributed by atoms with Gasteiger partial charge in [0.15, 0.2) is 5.41 Å². The van der Waals surface area contributed by atoms with Crippen LogP contribution in [0.25, 0.3) is 0 Å². The maximum atomic E-state index is 12.0. The van der Waals surface area contributed by atoms with Crippen molar-refractivity contribution in [2.24, 2.45) is 0 Å². The van der Waals surface area contributed by atoms with Crippen molar-refractivity contribution in [3.63, 3.8) is 0 Å². The first-order valence-electron chi connectivity index (χ1n) is 7.51. The van der Waals surface area contributed by atoms with Crippen LogP contribution in [-0.2, 0) is 4.79 Å². The predicted octanol–water partition coefficient (Wildman–Crippen LogP) is 4.27. The second-order valence-corrected chi connectivity index (χ2v) is 6.92. The molecule has 0 aliphatic rings. The maximum Gasteiger partial charge on any atom is 0.256 e. The average Bonchev–Trinajstić information content (AvgIpc) is 2.62. The summed E-state index contributed by atoms with van der Waals surface area (Å²) in [6.07, 6.45) is 3.48. The highest BCUT2D eigenvalue weighted by Crippen LogP contribution is 2.25. The van der Waals surface area contributed by atoms with Gasteiger partial charge in [0, 0.05) is 5.92 Å². The summed E-state index contributed by atoms with van der Waals surface area (Å²) in [5.41, 5.74) is 7.42. The lowest BCUT2D eigenvalue weighted by Gasteiger charge is -2.14. The first kappa shape index (κ1) is 16.7. The number of allylic oxidation sites excluding steroid dienone is 2. The Morgan fingerprint density at radius 3 is 2.00 bits per heavy atom. The fourth-order valence-corrected chi connectivity index (χ4v) is 3.60. The molecule has 0 unspecified atom stereocenters. The summed E-state index contributed by atoms with van der Waals surface area (Å²) in [7, 11) is -1.53. The van der Waals surface area contributed by atoms with E-state index in [-0.39, 0.29) is 11.3 Å².